The minimum Gasteiger partial charge on any atom is -0.497 e. The third kappa shape index (κ3) is 9.24. The second-order valence-electron chi connectivity index (χ2n) is 16.6. The average Bonchev–Trinajstić information content (AvgIpc) is 3.15. The lowest BCUT2D eigenvalue weighted by Gasteiger charge is -2.51. The van der Waals surface area contributed by atoms with Crippen LogP contribution in [-0.2, 0) is 21.1 Å². The molecule has 0 spiro atoms. The molecule has 14 heteroatoms. The number of pyridine rings is 2. The van der Waals surface area contributed by atoms with Crippen molar-refractivity contribution in [2.75, 3.05) is 43.8 Å². The van der Waals surface area contributed by atoms with Crippen molar-refractivity contribution in [2.45, 2.75) is 90.7 Å². The van der Waals surface area contributed by atoms with Gasteiger partial charge >= 0.3 is 0 Å². The van der Waals surface area contributed by atoms with Crippen LogP contribution in [0.5, 0.6) is 11.5 Å². The summed E-state index contributed by atoms with van der Waals surface area (Å²) in [5, 5.41) is 5.66. The Labute approximate surface area is 339 Å². The summed E-state index contributed by atoms with van der Waals surface area (Å²) in [5.41, 5.74) is 4.69. The predicted molar refractivity (Wildman–Crippen MR) is 232 cm³/mol. The Morgan fingerprint density at radius 3 is 2.39 bits per heavy atom. The lowest BCUT2D eigenvalue weighted by Crippen LogP contribution is -2.65. The van der Waals surface area contributed by atoms with Crippen LogP contribution in [0.3, 0.4) is 0 Å². The van der Waals surface area contributed by atoms with E-state index in [1.807, 2.05) is 49.5 Å². The number of likely N-dealkylation sites (N-methyl/N-ethyl adjacent to an activating group) is 1. The standard InChI is InChI=1S/C43H57N7O5SSi/c1-28(20-23-55-57(10,11)43(4,5)6)33-16-17-36(50-26-37(30(50)3)49(7)56(9,51)52)35-25-46-40(24-34(33)35)47-39-19-22-45-42(48-39)41-29(2)44-21-18-38(41)54-27-31-12-14-32(53-8)15-13-31/h12-19,21-22,24-25,28,30,37H,20,23,26-27H2,1-11H3,(H,45,46,47,48)/t28?,30-,37+/m1/s1. The van der Waals surface area contributed by atoms with Crippen LogP contribution < -0.4 is 19.7 Å². The fraction of sp³-hybridized carbons (Fsp3) is 0.442. The maximum absolute atomic E-state index is 12.4. The topological polar surface area (TPSA) is 132 Å². The van der Waals surface area contributed by atoms with Gasteiger partial charge in [-0.1, -0.05) is 45.9 Å². The highest BCUT2D eigenvalue weighted by Crippen LogP contribution is 2.41. The number of rotatable bonds is 15. The van der Waals surface area contributed by atoms with Crippen LogP contribution in [0.25, 0.3) is 22.2 Å². The molecule has 0 radical (unpaired) electrons. The highest BCUT2D eigenvalue weighted by atomic mass is 32.2. The zero-order valence-corrected chi connectivity index (χ0v) is 36.9. The van der Waals surface area contributed by atoms with E-state index < -0.39 is 18.3 Å². The molecule has 6 rings (SSSR count). The molecule has 0 aliphatic carbocycles. The van der Waals surface area contributed by atoms with Gasteiger partial charge in [0, 0.05) is 55.9 Å². The molecule has 1 aliphatic rings. The first kappa shape index (κ1) is 42.0. The lowest BCUT2D eigenvalue weighted by molar-refractivity contribution is 0.251. The van der Waals surface area contributed by atoms with E-state index in [2.05, 4.69) is 86.1 Å². The molecule has 0 saturated carbocycles. The molecule has 1 unspecified atom stereocenters. The molecule has 5 aromatic rings. The molecule has 2 aromatic carbocycles. The number of hydrogen-bond donors (Lipinski definition) is 1. The second kappa shape index (κ2) is 16.7. The maximum Gasteiger partial charge on any atom is 0.211 e. The number of nitrogens with zero attached hydrogens (tertiary/aromatic N) is 6. The number of nitrogens with one attached hydrogen (secondary N) is 1. The van der Waals surface area contributed by atoms with Crippen molar-refractivity contribution in [3.63, 3.8) is 0 Å². The summed E-state index contributed by atoms with van der Waals surface area (Å²) in [6.07, 6.45) is 7.48. The molecule has 57 heavy (non-hydrogen) atoms. The van der Waals surface area contributed by atoms with Crippen molar-refractivity contribution in [3.8, 4) is 22.9 Å². The summed E-state index contributed by atoms with van der Waals surface area (Å²) in [6, 6.07) is 17.8. The summed E-state index contributed by atoms with van der Waals surface area (Å²) >= 11 is 0. The molecular weight excluding hydrogens is 755 g/mol. The number of ether oxygens (including phenoxy) is 2. The smallest absolute Gasteiger partial charge is 0.211 e. The van der Waals surface area contributed by atoms with Crippen molar-refractivity contribution in [2.24, 2.45) is 0 Å². The van der Waals surface area contributed by atoms with Crippen molar-refractivity contribution in [1.29, 1.82) is 0 Å². The van der Waals surface area contributed by atoms with Crippen molar-refractivity contribution in [1.82, 2.24) is 24.2 Å². The fourth-order valence-corrected chi connectivity index (χ4v) is 8.72. The largest absolute Gasteiger partial charge is 0.497 e. The Kier molecular flexibility index (Phi) is 12.3. The van der Waals surface area contributed by atoms with E-state index in [4.69, 9.17) is 23.9 Å². The Balaban J connectivity index is 1.29. The minimum atomic E-state index is -3.32. The predicted octanol–water partition coefficient (Wildman–Crippen LogP) is 8.71. The first-order valence-electron chi connectivity index (χ1n) is 19.5. The molecule has 12 nitrogen and oxygen atoms in total. The van der Waals surface area contributed by atoms with Gasteiger partial charge in [0.25, 0.3) is 0 Å². The van der Waals surface area contributed by atoms with Gasteiger partial charge in [-0.3, -0.25) is 4.98 Å². The van der Waals surface area contributed by atoms with E-state index in [1.165, 1.54) is 16.1 Å². The van der Waals surface area contributed by atoms with Gasteiger partial charge in [-0.25, -0.2) is 23.4 Å². The molecule has 1 N–H and O–H groups in total. The van der Waals surface area contributed by atoms with Gasteiger partial charge in [0.15, 0.2) is 14.1 Å². The zero-order valence-electron chi connectivity index (χ0n) is 35.1. The van der Waals surface area contributed by atoms with E-state index in [-0.39, 0.29) is 23.0 Å². The first-order chi connectivity index (χ1) is 26.9. The summed E-state index contributed by atoms with van der Waals surface area (Å²) in [7, 11) is -1.91. The number of sulfonamides is 1. The van der Waals surface area contributed by atoms with Crippen LogP contribution in [-0.4, -0.2) is 86.6 Å². The molecule has 1 saturated heterocycles. The van der Waals surface area contributed by atoms with Gasteiger partial charge in [-0.05, 0) is 97.2 Å². The average molecular weight is 812 g/mol. The molecule has 1 aliphatic heterocycles. The Morgan fingerprint density at radius 1 is 1.00 bits per heavy atom. The SMILES string of the molecule is COc1ccc(COc2ccnc(C)c2-c2nccc(Nc3cc4c(C(C)CCO[Si](C)(C)C(C)(C)C)ccc(N5C[C@H](N(C)S(C)(=O)=O)[C@H]5C)c4cn3)n2)cc1. The molecule has 1 fully saturated rings. The Morgan fingerprint density at radius 2 is 1.72 bits per heavy atom. The molecule has 0 amide bonds. The van der Waals surface area contributed by atoms with Crippen LogP contribution in [0.15, 0.2) is 73.2 Å². The van der Waals surface area contributed by atoms with E-state index in [1.54, 1.807) is 26.6 Å². The van der Waals surface area contributed by atoms with Crippen molar-refractivity contribution >= 4 is 46.4 Å². The van der Waals surface area contributed by atoms with Crippen LogP contribution in [0.1, 0.15) is 63.8 Å². The van der Waals surface area contributed by atoms with E-state index >= 15 is 0 Å². The normalized spacial score (nSPS) is 16.7. The number of fused-ring (bicyclic) bond motifs is 1. The van der Waals surface area contributed by atoms with Gasteiger partial charge in [0.2, 0.25) is 10.0 Å². The van der Waals surface area contributed by atoms with Gasteiger partial charge in [0.1, 0.15) is 29.7 Å². The summed E-state index contributed by atoms with van der Waals surface area (Å²) < 4.78 is 44.4. The van der Waals surface area contributed by atoms with Gasteiger partial charge in [-0.2, -0.15) is 4.31 Å². The lowest BCUT2D eigenvalue weighted by atomic mass is 9.90. The highest BCUT2D eigenvalue weighted by Gasteiger charge is 2.42. The molecule has 304 valence electrons. The molecule has 4 heterocycles. The highest BCUT2D eigenvalue weighted by molar-refractivity contribution is 7.88. The van der Waals surface area contributed by atoms with E-state index in [9.17, 15) is 8.42 Å². The maximum atomic E-state index is 12.4. The van der Waals surface area contributed by atoms with Crippen LogP contribution in [0.2, 0.25) is 18.1 Å². The summed E-state index contributed by atoms with van der Waals surface area (Å²) in [5.74, 6) is 3.32. The van der Waals surface area contributed by atoms with Crippen molar-refractivity contribution in [3.05, 3.63) is 90.0 Å². The number of anilines is 3. The van der Waals surface area contributed by atoms with Crippen LogP contribution in [0.4, 0.5) is 17.3 Å². The van der Waals surface area contributed by atoms with Crippen LogP contribution >= 0.6 is 0 Å². The third-order valence-electron chi connectivity index (χ3n) is 11.8. The molecule has 0 bridgehead atoms. The Hall–Kier alpha value is -4.63. The second-order valence-corrected chi connectivity index (χ2v) is 23.5. The number of aromatic nitrogens is 4. The third-order valence-corrected chi connectivity index (χ3v) is 17.6. The minimum absolute atomic E-state index is 0.00700. The zero-order chi connectivity index (χ0) is 41.3. The number of hydrogen-bond acceptors (Lipinski definition) is 11. The van der Waals surface area contributed by atoms with E-state index in [0.29, 0.717) is 48.5 Å². The summed E-state index contributed by atoms with van der Waals surface area (Å²) in [4.78, 5) is 21.2. The van der Waals surface area contributed by atoms with Gasteiger partial charge in [-0.15, -0.1) is 0 Å². The molecule has 3 aromatic heterocycles. The monoisotopic (exact) mass is 811 g/mol. The first-order valence-corrected chi connectivity index (χ1v) is 24.2. The number of benzene rings is 2. The molecule has 3 atom stereocenters. The quantitative estimate of drug-likeness (QED) is 0.102. The van der Waals surface area contributed by atoms with E-state index in [0.717, 1.165) is 39.9 Å². The Bertz CT molecular complexity index is 2320. The van der Waals surface area contributed by atoms with Crippen molar-refractivity contribution < 1.29 is 22.3 Å². The number of aryl methyl sites for hydroxylation is 1. The van der Waals surface area contributed by atoms with Crippen LogP contribution in [0, 0.1) is 6.92 Å². The number of methoxy groups -OCH3 is 1. The van der Waals surface area contributed by atoms with Gasteiger partial charge in [0.05, 0.1) is 30.7 Å². The fourth-order valence-electron chi connectivity index (χ4n) is 6.93. The molecular formula is C43H57N7O5SSi. The van der Waals surface area contributed by atoms with Gasteiger partial charge < -0.3 is 24.1 Å². The summed E-state index contributed by atoms with van der Waals surface area (Å²) in [6.45, 7) is 19.3.